The fraction of sp³-hybridized carbons (Fsp3) is 0.588. The Morgan fingerprint density at radius 3 is 2.16 bits per heavy atom. The Balaban J connectivity index is 2.68. The summed E-state index contributed by atoms with van der Waals surface area (Å²) in [4.78, 5) is 0. The van der Waals surface area contributed by atoms with Gasteiger partial charge in [0.15, 0.2) is 0 Å². The highest BCUT2D eigenvalue weighted by Gasteiger charge is 2.25. The average Bonchev–Trinajstić information content (AvgIpc) is 2.41. The molecule has 0 aliphatic carbocycles. The summed E-state index contributed by atoms with van der Waals surface area (Å²) in [5.41, 5.74) is 3.48. The van der Waals surface area contributed by atoms with Gasteiger partial charge in [0.2, 0.25) is 0 Å². The van der Waals surface area contributed by atoms with Gasteiger partial charge in [-0.25, -0.2) is 0 Å². The van der Waals surface area contributed by atoms with Crippen LogP contribution in [-0.4, -0.2) is 6.61 Å². The highest BCUT2D eigenvalue weighted by atomic mass is 16.5. The molecule has 0 aromatic heterocycles. The van der Waals surface area contributed by atoms with E-state index in [4.69, 9.17) is 4.74 Å². The molecule has 0 saturated carbocycles. The van der Waals surface area contributed by atoms with Crippen LogP contribution in [0.4, 0.5) is 0 Å². The molecule has 1 aromatic rings. The lowest BCUT2D eigenvalue weighted by molar-refractivity contribution is 0.230. The normalized spacial score (nSPS) is 11.2. The van der Waals surface area contributed by atoms with E-state index in [1.54, 1.807) is 0 Å². The van der Waals surface area contributed by atoms with Crippen molar-refractivity contribution in [2.45, 2.75) is 53.9 Å². The zero-order valence-corrected chi connectivity index (χ0v) is 12.8. The number of aryl methyl sites for hydroxylation is 3. The van der Waals surface area contributed by atoms with Gasteiger partial charge in [0.05, 0.1) is 18.1 Å². The van der Waals surface area contributed by atoms with Gasteiger partial charge < -0.3 is 4.74 Å². The summed E-state index contributed by atoms with van der Waals surface area (Å²) in [7, 11) is 0. The van der Waals surface area contributed by atoms with Crippen LogP contribution in [0.25, 0.3) is 0 Å². The van der Waals surface area contributed by atoms with E-state index in [9.17, 15) is 5.26 Å². The summed E-state index contributed by atoms with van der Waals surface area (Å²) >= 11 is 0. The molecule has 0 saturated heterocycles. The molecule has 0 fully saturated rings. The van der Waals surface area contributed by atoms with Crippen molar-refractivity contribution < 1.29 is 4.74 Å². The molecule has 0 N–H and O–H groups in total. The number of hydrogen-bond donors (Lipinski definition) is 0. The Bertz CT molecular complexity index is 467. The van der Waals surface area contributed by atoms with Crippen molar-refractivity contribution in [3.8, 4) is 11.8 Å². The minimum atomic E-state index is -0.229. The van der Waals surface area contributed by atoms with Gasteiger partial charge in [0.25, 0.3) is 0 Å². The summed E-state index contributed by atoms with van der Waals surface area (Å²) in [6.45, 7) is 11.0. The maximum atomic E-state index is 9.30. The quantitative estimate of drug-likeness (QED) is 0.741. The fourth-order valence-electron chi connectivity index (χ4n) is 2.26. The smallest absolute Gasteiger partial charge is 0.122 e. The molecule has 0 bridgehead atoms. The molecule has 0 aliphatic heterocycles. The van der Waals surface area contributed by atoms with Gasteiger partial charge in [-0.3, -0.25) is 0 Å². The van der Waals surface area contributed by atoms with Crippen molar-refractivity contribution >= 4 is 0 Å². The number of benzene rings is 1. The summed E-state index contributed by atoms with van der Waals surface area (Å²) in [5, 5.41) is 9.30. The van der Waals surface area contributed by atoms with Crippen LogP contribution in [0.5, 0.6) is 5.75 Å². The molecular formula is C17H25NO. The Kier molecular flexibility index (Phi) is 5.42. The third-order valence-electron chi connectivity index (χ3n) is 4.22. The SMILES string of the molecule is CCC(C#N)(CC)CCOc1cc(C)c(C)cc1C. The van der Waals surface area contributed by atoms with Gasteiger partial charge in [0.1, 0.15) is 5.75 Å². The second-order valence-electron chi connectivity index (χ2n) is 5.40. The topological polar surface area (TPSA) is 33.0 Å². The molecule has 2 heteroatoms. The molecular weight excluding hydrogens is 234 g/mol. The van der Waals surface area contributed by atoms with Crippen LogP contribution in [-0.2, 0) is 0 Å². The molecule has 0 aliphatic rings. The van der Waals surface area contributed by atoms with Gasteiger partial charge >= 0.3 is 0 Å². The van der Waals surface area contributed by atoms with Gasteiger partial charge in [-0.1, -0.05) is 19.9 Å². The monoisotopic (exact) mass is 259 g/mol. The van der Waals surface area contributed by atoms with Crippen molar-refractivity contribution in [1.82, 2.24) is 0 Å². The maximum Gasteiger partial charge on any atom is 0.122 e. The molecule has 0 unspecified atom stereocenters. The van der Waals surface area contributed by atoms with Crippen LogP contribution >= 0.6 is 0 Å². The Morgan fingerprint density at radius 2 is 1.63 bits per heavy atom. The van der Waals surface area contributed by atoms with Crippen molar-refractivity contribution in [1.29, 1.82) is 5.26 Å². The molecule has 104 valence electrons. The first kappa shape index (κ1) is 15.6. The first-order valence-electron chi connectivity index (χ1n) is 7.10. The fourth-order valence-corrected chi connectivity index (χ4v) is 2.26. The zero-order valence-electron chi connectivity index (χ0n) is 12.8. The van der Waals surface area contributed by atoms with E-state index >= 15 is 0 Å². The lowest BCUT2D eigenvalue weighted by Crippen LogP contribution is -2.20. The van der Waals surface area contributed by atoms with Crippen LogP contribution in [0.1, 0.15) is 49.8 Å². The molecule has 0 radical (unpaired) electrons. The number of nitrogens with zero attached hydrogens (tertiary/aromatic N) is 1. The molecule has 2 nitrogen and oxygen atoms in total. The average molecular weight is 259 g/mol. The maximum absolute atomic E-state index is 9.30. The van der Waals surface area contributed by atoms with E-state index < -0.39 is 0 Å². The number of rotatable bonds is 6. The van der Waals surface area contributed by atoms with Gasteiger partial charge in [-0.2, -0.15) is 5.26 Å². The van der Waals surface area contributed by atoms with Crippen LogP contribution in [0.2, 0.25) is 0 Å². The molecule has 1 aromatic carbocycles. The largest absolute Gasteiger partial charge is 0.493 e. The second kappa shape index (κ2) is 6.61. The van der Waals surface area contributed by atoms with Gasteiger partial charge in [0, 0.05) is 6.42 Å². The highest BCUT2D eigenvalue weighted by molar-refractivity contribution is 5.40. The molecule has 1 rings (SSSR count). The summed E-state index contributed by atoms with van der Waals surface area (Å²) in [6.07, 6.45) is 2.56. The minimum absolute atomic E-state index is 0.229. The zero-order chi connectivity index (χ0) is 14.5. The summed E-state index contributed by atoms with van der Waals surface area (Å²) in [6, 6.07) is 6.70. The van der Waals surface area contributed by atoms with E-state index in [1.165, 1.54) is 16.7 Å². The lowest BCUT2D eigenvalue weighted by atomic mass is 9.81. The van der Waals surface area contributed by atoms with Crippen molar-refractivity contribution in [2.75, 3.05) is 6.61 Å². The predicted octanol–water partition coefficient (Wildman–Crippen LogP) is 4.71. The van der Waals surface area contributed by atoms with E-state index in [0.717, 1.165) is 25.0 Å². The van der Waals surface area contributed by atoms with Crippen molar-refractivity contribution in [2.24, 2.45) is 5.41 Å². The summed E-state index contributed by atoms with van der Waals surface area (Å²) in [5.74, 6) is 0.946. The Labute approximate surface area is 117 Å². The van der Waals surface area contributed by atoms with Crippen LogP contribution in [0, 0.1) is 37.5 Å². The molecule has 0 heterocycles. The first-order valence-corrected chi connectivity index (χ1v) is 7.10. The van der Waals surface area contributed by atoms with Crippen LogP contribution < -0.4 is 4.74 Å². The summed E-state index contributed by atoms with van der Waals surface area (Å²) < 4.78 is 5.88. The third-order valence-corrected chi connectivity index (χ3v) is 4.22. The number of ether oxygens (including phenoxy) is 1. The predicted molar refractivity (Wildman–Crippen MR) is 79.4 cm³/mol. The first-order chi connectivity index (χ1) is 8.98. The number of hydrogen-bond acceptors (Lipinski definition) is 2. The van der Waals surface area contributed by atoms with E-state index in [2.05, 4.69) is 52.8 Å². The molecule has 0 amide bonds. The van der Waals surface area contributed by atoms with E-state index in [1.807, 2.05) is 0 Å². The standard InChI is InChI=1S/C17H25NO/c1-6-17(7-2,12-18)8-9-19-16-11-14(4)13(3)10-15(16)5/h10-11H,6-9H2,1-5H3. The minimum Gasteiger partial charge on any atom is -0.493 e. The van der Waals surface area contributed by atoms with Crippen LogP contribution in [0.15, 0.2) is 12.1 Å². The van der Waals surface area contributed by atoms with Gasteiger partial charge in [-0.05, 0) is 56.4 Å². The van der Waals surface area contributed by atoms with Crippen LogP contribution in [0.3, 0.4) is 0 Å². The van der Waals surface area contributed by atoms with Gasteiger partial charge in [-0.15, -0.1) is 0 Å². The number of nitriles is 1. The third kappa shape index (κ3) is 3.73. The molecule has 0 spiro atoms. The second-order valence-corrected chi connectivity index (χ2v) is 5.40. The molecule has 19 heavy (non-hydrogen) atoms. The van der Waals surface area contributed by atoms with E-state index in [0.29, 0.717) is 6.61 Å². The Hall–Kier alpha value is -1.49. The van der Waals surface area contributed by atoms with E-state index in [-0.39, 0.29) is 5.41 Å². The highest BCUT2D eigenvalue weighted by Crippen LogP contribution is 2.30. The van der Waals surface area contributed by atoms with Crippen molar-refractivity contribution in [3.63, 3.8) is 0 Å². The molecule has 0 atom stereocenters. The Morgan fingerprint density at radius 1 is 1.05 bits per heavy atom. The van der Waals surface area contributed by atoms with Crippen molar-refractivity contribution in [3.05, 3.63) is 28.8 Å². The lowest BCUT2D eigenvalue weighted by Gasteiger charge is -2.23.